The van der Waals surface area contributed by atoms with Crippen LogP contribution in [0, 0.1) is 0 Å². The predicted molar refractivity (Wildman–Crippen MR) is 111 cm³/mol. The van der Waals surface area contributed by atoms with Crippen LogP contribution in [0.2, 0.25) is 0 Å². The molecule has 1 aliphatic rings. The zero-order chi connectivity index (χ0) is 19.5. The first-order valence-electron chi connectivity index (χ1n) is 8.49. The van der Waals surface area contributed by atoms with E-state index in [9.17, 15) is 14.4 Å². The van der Waals surface area contributed by atoms with Crippen molar-refractivity contribution >= 4 is 42.7 Å². The molecular formula is C18H28Cl2N4O4. The maximum absolute atomic E-state index is 12.5. The maximum atomic E-state index is 12.5. The Morgan fingerprint density at radius 2 is 1.75 bits per heavy atom. The summed E-state index contributed by atoms with van der Waals surface area (Å²) in [6, 6.07) is 5.25. The van der Waals surface area contributed by atoms with Crippen molar-refractivity contribution in [3.05, 3.63) is 29.8 Å². The third kappa shape index (κ3) is 6.54. The van der Waals surface area contributed by atoms with Gasteiger partial charge >= 0.3 is 12.0 Å². The molecule has 0 aromatic heterocycles. The molecule has 10 heteroatoms. The molecule has 0 bridgehead atoms. The monoisotopic (exact) mass is 434 g/mol. The summed E-state index contributed by atoms with van der Waals surface area (Å²) >= 11 is 0. The van der Waals surface area contributed by atoms with Crippen molar-refractivity contribution < 1.29 is 19.1 Å². The quantitative estimate of drug-likeness (QED) is 0.486. The first-order valence-corrected chi connectivity index (χ1v) is 8.49. The highest BCUT2D eigenvalue weighted by atomic mass is 35.5. The number of carbonyl (C=O) groups excluding carboxylic acids is 3. The molecule has 2 rings (SSSR count). The first kappa shape index (κ1) is 26.0. The van der Waals surface area contributed by atoms with Gasteiger partial charge in [0.05, 0.1) is 6.54 Å². The van der Waals surface area contributed by atoms with Gasteiger partial charge < -0.3 is 26.4 Å². The number of nitrogens with one attached hydrogen (secondary N) is 1. The summed E-state index contributed by atoms with van der Waals surface area (Å²) in [5.74, 6) is -0.551. The number of hydrogen-bond acceptors (Lipinski definition) is 5. The van der Waals surface area contributed by atoms with Gasteiger partial charge in [0.15, 0.2) is 0 Å². The Morgan fingerprint density at radius 3 is 2.21 bits per heavy atom. The molecule has 158 valence electrons. The van der Waals surface area contributed by atoms with E-state index in [1.54, 1.807) is 12.1 Å². The number of hydrogen-bond donors (Lipinski definition) is 3. The molecule has 0 aliphatic carbocycles. The van der Waals surface area contributed by atoms with E-state index < -0.39 is 18.0 Å². The number of carbonyl (C=O) groups is 3. The van der Waals surface area contributed by atoms with Crippen LogP contribution >= 0.6 is 24.8 Å². The summed E-state index contributed by atoms with van der Waals surface area (Å²) in [7, 11) is 0. The Labute approximate surface area is 177 Å². The van der Waals surface area contributed by atoms with Gasteiger partial charge in [-0.05, 0) is 23.1 Å². The number of halogens is 2. The number of likely N-dealkylation sites (tertiary alicyclic amines) is 1. The highest BCUT2D eigenvalue weighted by Crippen LogP contribution is 2.25. The van der Waals surface area contributed by atoms with E-state index in [1.165, 1.54) is 4.90 Å². The first-order chi connectivity index (χ1) is 12.1. The van der Waals surface area contributed by atoms with Crippen LogP contribution in [0.15, 0.2) is 24.3 Å². The molecule has 1 heterocycles. The molecule has 1 aromatic carbocycles. The molecule has 1 fully saturated rings. The number of nitrogens with zero attached hydrogens (tertiary/aromatic N) is 1. The van der Waals surface area contributed by atoms with E-state index >= 15 is 0 Å². The summed E-state index contributed by atoms with van der Waals surface area (Å²) in [6.07, 6.45) is 0.230. The normalized spacial score (nSPS) is 18.5. The zero-order valence-electron chi connectivity index (χ0n) is 16.1. The molecule has 1 saturated heterocycles. The molecule has 1 aliphatic heterocycles. The number of esters is 1. The largest absolute Gasteiger partial charge is 0.425 e. The summed E-state index contributed by atoms with van der Waals surface area (Å²) in [5.41, 5.74) is 11.7. The van der Waals surface area contributed by atoms with E-state index in [1.807, 2.05) is 12.1 Å². The molecular weight excluding hydrogens is 407 g/mol. The van der Waals surface area contributed by atoms with Crippen molar-refractivity contribution in [1.82, 2.24) is 10.2 Å². The average molecular weight is 435 g/mol. The number of nitrogens with two attached hydrogens (primary N) is 2. The molecule has 0 radical (unpaired) electrons. The van der Waals surface area contributed by atoms with Crippen LogP contribution in [-0.2, 0) is 15.0 Å². The Hall–Kier alpha value is -2.03. The van der Waals surface area contributed by atoms with Crippen molar-refractivity contribution in [2.24, 2.45) is 11.5 Å². The Bertz CT molecular complexity index is 692. The Morgan fingerprint density at radius 1 is 1.18 bits per heavy atom. The van der Waals surface area contributed by atoms with Crippen molar-refractivity contribution in [1.29, 1.82) is 0 Å². The summed E-state index contributed by atoms with van der Waals surface area (Å²) in [5, 5.41) is 2.67. The lowest BCUT2D eigenvalue weighted by atomic mass is 9.87. The van der Waals surface area contributed by atoms with E-state index in [0.29, 0.717) is 5.75 Å². The SMILES string of the molecule is CC(C)(C)c1ccc(OC(=O)[C@@H]2CC(NC(=O)CN)CN2C(N)=O)cc1.Cl.Cl. The van der Waals surface area contributed by atoms with Crippen LogP contribution in [0.4, 0.5) is 4.79 Å². The fourth-order valence-corrected chi connectivity index (χ4v) is 2.90. The van der Waals surface area contributed by atoms with Crippen molar-refractivity contribution in [2.75, 3.05) is 13.1 Å². The number of rotatable bonds is 4. The van der Waals surface area contributed by atoms with Crippen molar-refractivity contribution in [2.45, 2.75) is 44.7 Å². The molecule has 0 spiro atoms. The minimum absolute atomic E-state index is 0. The molecule has 1 aromatic rings. The van der Waals surface area contributed by atoms with Gasteiger partial charge in [0.1, 0.15) is 11.8 Å². The fourth-order valence-electron chi connectivity index (χ4n) is 2.90. The molecule has 1 unspecified atom stereocenters. The third-order valence-electron chi connectivity index (χ3n) is 4.35. The topological polar surface area (TPSA) is 128 Å². The lowest BCUT2D eigenvalue weighted by molar-refractivity contribution is -0.138. The van der Waals surface area contributed by atoms with Crippen LogP contribution in [0.3, 0.4) is 0 Å². The van der Waals surface area contributed by atoms with Gasteiger partial charge in [-0.25, -0.2) is 9.59 Å². The second kappa shape index (κ2) is 10.5. The van der Waals surface area contributed by atoms with E-state index in [0.717, 1.165) is 5.56 Å². The second-order valence-electron chi connectivity index (χ2n) is 7.41. The predicted octanol–water partition coefficient (Wildman–Crippen LogP) is 1.33. The molecule has 0 saturated carbocycles. The van der Waals surface area contributed by atoms with Crippen LogP contribution in [-0.4, -0.2) is 48.0 Å². The highest BCUT2D eigenvalue weighted by molar-refractivity contribution is 5.86. The van der Waals surface area contributed by atoms with Gasteiger partial charge in [-0.15, -0.1) is 24.8 Å². The van der Waals surface area contributed by atoms with Gasteiger partial charge in [-0.1, -0.05) is 32.9 Å². The van der Waals surface area contributed by atoms with Crippen LogP contribution in [0.1, 0.15) is 32.8 Å². The third-order valence-corrected chi connectivity index (χ3v) is 4.35. The fraction of sp³-hybridized carbons (Fsp3) is 0.500. The van der Waals surface area contributed by atoms with Gasteiger partial charge in [0.2, 0.25) is 5.91 Å². The van der Waals surface area contributed by atoms with Gasteiger partial charge in [0, 0.05) is 19.0 Å². The van der Waals surface area contributed by atoms with Crippen LogP contribution < -0.4 is 21.5 Å². The second-order valence-corrected chi connectivity index (χ2v) is 7.41. The zero-order valence-corrected chi connectivity index (χ0v) is 17.8. The van der Waals surface area contributed by atoms with Gasteiger partial charge in [-0.2, -0.15) is 0 Å². The number of benzene rings is 1. The summed E-state index contributed by atoms with van der Waals surface area (Å²) in [6.45, 7) is 6.25. The Balaban J connectivity index is 0.00000364. The molecule has 8 nitrogen and oxygen atoms in total. The summed E-state index contributed by atoms with van der Waals surface area (Å²) in [4.78, 5) is 36.8. The number of amides is 3. The van der Waals surface area contributed by atoms with Crippen LogP contribution in [0.5, 0.6) is 5.75 Å². The standard InChI is InChI=1S/C18H26N4O4.2ClH/c1-18(2,3)11-4-6-13(7-5-11)26-16(24)14-8-12(21-15(23)9-19)10-22(14)17(20)25;;/h4-7,12,14H,8-10,19H2,1-3H3,(H2,20,25)(H,21,23);2*1H/t12?,14-;;/m0../s1. The Kier molecular flexibility index (Phi) is 9.74. The van der Waals surface area contributed by atoms with Crippen molar-refractivity contribution in [3.8, 4) is 5.75 Å². The molecule has 2 atom stereocenters. The number of ether oxygens (including phenoxy) is 1. The average Bonchev–Trinajstić information content (AvgIpc) is 2.98. The van der Waals surface area contributed by atoms with E-state index in [4.69, 9.17) is 16.2 Å². The number of primary amides is 1. The van der Waals surface area contributed by atoms with E-state index in [-0.39, 0.29) is 61.7 Å². The maximum Gasteiger partial charge on any atom is 0.334 e. The smallest absolute Gasteiger partial charge is 0.334 e. The van der Waals surface area contributed by atoms with Gasteiger partial charge in [0.25, 0.3) is 0 Å². The minimum atomic E-state index is -0.849. The molecule has 3 amide bonds. The number of urea groups is 1. The van der Waals surface area contributed by atoms with Crippen LogP contribution in [0.25, 0.3) is 0 Å². The van der Waals surface area contributed by atoms with E-state index in [2.05, 4.69) is 26.1 Å². The summed E-state index contributed by atoms with van der Waals surface area (Å²) < 4.78 is 5.40. The minimum Gasteiger partial charge on any atom is -0.425 e. The van der Waals surface area contributed by atoms with Crippen molar-refractivity contribution in [3.63, 3.8) is 0 Å². The highest BCUT2D eigenvalue weighted by Gasteiger charge is 2.40. The molecule has 28 heavy (non-hydrogen) atoms. The molecule has 5 N–H and O–H groups in total. The lowest BCUT2D eigenvalue weighted by Gasteiger charge is -2.21. The lowest BCUT2D eigenvalue weighted by Crippen LogP contribution is -2.45. The van der Waals surface area contributed by atoms with Gasteiger partial charge in [-0.3, -0.25) is 4.79 Å².